The molecule has 16 aromatic heterocycles. The Bertz CT molecular complexity index is 7500. The van der Waals surface area contributed by atoms with E-state index in [4.69, 9.17) is 4.98 Å². The second kappa shape index (κ2) is 36.2. The average molecular weight is 1750 g/mol. The summed E-state index contributed by atoms with van der Waals surface area (Å²) in [7, 11) is 0. The molecule has 0 saturated carbocycles. The van der Waals surface area contributed by atoms with Crippen molar-refractivity contribution in [3.05, 3.63) is 370 Å². The minimum atomic E-state index is 0.882. The van der Waals surface area contributed by atoms with Crippen molar-refractivity contribution in [2.75, 3.05) is 0 Å². The third kappa shape index (κ3) is 16.8. The molecule has 0 bridgehead atoms. The minimum absolute atomic E-state index is 0.882. The normalized spacial score (nSPS) is 12.5. The van der Waals surface area contributed by atoms with E-state index in [1.54, 1.807) is 0 Å². The Kier molecular flexibility index (Phi) is 24.8. The minimum Gasteiger partial charge on any atom is -0.261 e. The molecule has 16 aromatic rings. The first kappa shape index (κ1) is 91.3. The highest BCUT2D eigenvalue weighted by atomic mass is 14.8. The molecule has 0 aromatic carbocycles. The Morgan fingerprint density at radius 1 is 0.180 bits per heavy atom. The highest BCUT2D eigenvalue weighted by molar-refractivity contribution is 5.87. The van der Waals surface area contributed by atoms with Crippen LogP contribution < -0.4 is 0 Å². The van der Waals surface area contributed by atoms with Crippen molar-refractivity contribution in [1.82, 2.24) is 79.7 Å². The lowest BCUT2D eigenvalue weighted by atomic mass is 9.96. The second-order valence-electron chi connectivity index (χ2n) is 38.0. The van der Waals surface area contributed by atoms with Gasteiger partial charge in [0, 0.05) is 237 Å². The quantitative estimate of drug-likeness (QED) is 0.138. The van der Waals surface area contributed by atoms with E-state index in [1.165, 1.54) is 257 Å². The van der Waals surface area contributed by atoms with Gasteiger partial charge in [-0.2, -0.15) is 0 Å². The van der Waals surface area contributed by atoms with Crippen LogP contribution in [0.5, 0.6) is 0 Å². The van der Waals surface area contributed by atoms with Crippen molar-refractivity contribution in [1.29, 1.82) is 0 Å². The summed E-state index contributed by atoms with van der Waals surface area (Å²) in [4.78, 5) is 73.0. The summed E-state index contributed by atoms with van der Waals surface area (Å²) < 4.78 is 0. The van der Waals surface area contributed by atoms with E-state index in [-0.39, 0.29) is 0 Å². The van der Waals surface area contributed by atoms with Crippen molar-refractivity contribution >= 4 is 0 Å². The zero-order valence-electron chi connectivity index (χ0n) is 83.3. The molecular weight excluding hydrogens is 1630 g/mol. The number of pyridine rings is 16. The highest BCUT2D eigenvalue weighted by Gasteiger charge is 2.33. The predicted octanol–water partition coefficient (Wildman–Crippen LogP) is 25.3. The smallest absolute Gasteiger partial charge is 0.0548 e. The molecule has 16 nitrogen and oxygen atoms in total. The van der Waals surface area contributed by atoms with Gasteiger partial charge in [0.1, 0.15) is 0 Å². The first-order valence-corrected chi connectivity index (χ1v) is 46.8. The van der Waals surface area contributed by atoms with Gasteiger partial charge in [0.15, 0.2) is 0 Å². The monoisotopic (exact) mass is 1750 g/mol. The summed E-state index contributed by atoms with van der Waals surface area (Å²) >= 11 is 0. The number of hydrogen-bond acceptors (Lipinski definition) is 16. The van der Waals surface area contributed by atoms with Gasteiger partial charge in [-0.15, -0.1) is 0 Å². The summed E-state index contributed by atoms with van der Waals surface area (Å²) in [5.41, 5.74) is 76.9. The number of hydrogen-bond donors (Lipinski definition) is 0. The van der Waals surface area contributed by atoms with Crippen molar-refractivity contribution in [3.63, 3.8) is 0 Å². The maximum Gasteiger partial charge on any atom is 0.0548 e. The summed E-state index contributed by atoms with van der Waals surface area (Å²) in [5, 5.41) is 0. The molecule has 0 aliphatic heterocycles. The lowest BCUT2D eigenvalue weighted by molar-refractivity contribution is 1.01. The predicted molar refractivity (Wildman–Crippen MR) is 540 cm³/mol. The molecule has 0 spiro atoms. The van der Waals surface area contributed by atoms with Gasteiger partial charge in [0.05, 0.1) is 56.9 Å². The Balaban J connectivity index is 0.000000106. The Morgan fingerprint density at radius 2 is 0.571 bits per heavy atom. The summed E-state index contributed by atoms with van der Waals surface area (Å²) in [6.07, 6.45) is 24.9. The molecule has 0 N–H and O–H groups in total. The number of aryl methyl sites for hydroxylation is 19. The molecule has 24 rings (SSSR count). The van der Waals surface area contributed by atoms with Gasteiger partial charge < -0.3 is 0 Å². The van der Waals surface area contributed by atoms with Crippen LogP contribution in [-0.4, -0.2) is 79.7 Å². The highest BCUT2D eigenvalue weighted by Crippen LogP contribution is 2.48. The summed E-state index contributed by atoms with van der Waals surface area (Å²) in [6.45, 7) is 61.5. The Morgan fingerprint density at radius 3 is 1.17 bits per heavy atom. The van der Waals surface area contributed by atoms with Crippen molar-refractivity contribution in [2.45, 2.75) is 252 Å². The zero-order valence-corrected chi connectivity index (χ0v) is 83.3. The van der Waals surface area contributed by atoms with Gasteiger partial charge >= 0.3 is 0 Å². The molecule has 0 amide bonds. The summed E-state index contributed by atoms with van der Waals surface area (Å²) in [5.74, 6) is 0. The third-order valence-electron chi connectivity index (χ3n) is 29.4. The van der Waals surface area contributed by atoms with Crippen LogP contribution in [0.1, 0.15) is 253 Å². The van der Waals surface area contributed by atoms with Crippen LogP contribution in [0.25, 0.3) is 89.0 Å². The molecule has 670 valence electrons. The molecule has 8 aliphatic rings. The SMILES string of the molecule is Cc1cc(C)c2c(n1)Cc1cnc(C)c(C)c1-2.Cc1cc2c(nc1C)Cc1cnc(C)c(C)c1-2.Cc1ccc2c(n1)Cc1c(C)nc(C)c(C)c1-2.Cc1ccnc2c1-c1c(C)c(C)nc(C)c1C2.Cc1cnc2c(c1)-c1c(C)c(C)nc(C)c1C2.Cc1cnc2c(c1C)-c1c(cnc(C)c1C)C2.Cc1cnc2c(c1C)-c1cccnc1C2.Cc1nc2c(c(C)c1C)-c1cccnc1C2. The number of rotatable bonds is 0. The lowest BCUT2D eigenvalue weighted by Crippen LogP contribution is -1.98. The fraction of sp³-hybridized carbons (Fsp3) is 0.316. The zero-order chi connectivity index (χ0) is 94.6. The molecule has 0 atom stereocenters. The van der Waals surface area contributed by atoms with Gasteiger partial charge in [-0.25, -0.2) is 0 Å². The van der Waals surface area contributed by atoms with Crippen LogP contribution in [-0.2, 0) is 51.4 Å². The van der Waals surface area contributed by atoms with E-state index in [0.717, 1.165) is 137 Å². The van der Waals surface area contributed by atoms with Crippen molar-refractivity contribution < 1.29 is 0 Å². The van der Waals surface area contributed by atoms with Gasteiger partial charge in [-0.3, -0.25) is 79.7 Å². The number of nitrogens with zero attached hydrogens (tertiary/aromatic N) is 16. The van der Waals surface area contributed by atoms with Gasteiger partial charge in [-0.05, 0) is 399 Å². The largest absolute Gasteiger partial charge is 0.261 e. The Hall–Kier alpha value is -13.6. The summed E-state index contributed by atoms with van der Waals surface area (Å²) in [6, 6.07) is 21.4. The average Bonchev–Trinajstić information content (AvgIpc) is 1.64. The first-order chi connectivity index (χ1) is 63.4. The maximum atomic E-state index is 4.71. The lowest BCUT2D eigenvalue weighted by Gasteiger charge is -2.11. The van der Waals surface area contributed by atoms with Crippen molar-refractivity contribution in [3.8, 4) is 89.0 Å². The van der Waals surface area contributed by atoms with Gasteiger partial charge in [0.25, 0.3) is 0 Å². The number of aromatic nitrogens is 16. The topological polar surface area (TPSA) is 206 Å². The molecule has 16 heteroatoms. The van der Waals surface area contributed by atoms with Crippen LogP contribution in [0.4, 0.5) is 0 Å². The van der Waals surface area contributed by atoms with Crippen LogP contribution in [0.15, 0.2) is 116 Å². The standard InChI is InChI=1S/6C15H16N2.C14H14N2.C13H12N2/c1-8-6-17-13-5-12-7-16-11(4)10(3)14(12)15(13)9(8)2;1-8-5-13-14(17-10(8)3)6-12-7-16-11(4)9(2)15(12)13;1-8-5-9(2)17-13-6-12-7-16-11(4)10(3)15(12)14(8)13;1-8-5-13-14(16-7-8)6-12-11(4)17-10(3)9(2)15(12)13;1-8-5-6-16-13-7-12-11(4)17-10(3)9(2)15(12)14(8)13;1-8-5-6-12-14(16-8)7-13-11(4)17-10(3)9(2)15(12)13;1-8-9(2)14-11-5-4-6-15-12(11)7-13(14)16-10(8)3;1-8-7-15-12-6-11-10(4-3-5-14-11)13(12)9(8)2/h6-7H,5H2,1-4H3;3*5,7H,6H2,1-4H3;2*5-6H,7H2,1-4H3;4-6H,7H2,1-3H3;3-5,7H,6H2,1-2H3. The van der Waals surface area contributed by atoms with Gasteiger partial charge in [0.2, 0.25) is 0 Å². The molecular formula is C117H122N16. The fourth-order valence-electron chi connectivity index (χ4n) is 20.9. The van der Waals surface area contributed by atoms with Crippen molar-refractivity contribution in [2.24, 2.45) is 0 Å². The molecule has 0 radical (unpaired) electrons. The van der Waals surface area contributed by atoms with E-state index in [9.17, 15) is 0 Å². The molecule has 16 heterocycles. The van der Waals surface area contributed by atoms with E-state index >= 15 is 0 Å². The van der Waals surface area contributed by atoms with Crippen LogP contribution in [0.2, 0.25) is 0 Å². The van der Waals surface area contributed by atoms with E-state index < -0.39 is 0 Å². The molecule has 0 saturated heterocycles. The molecule has 8 aliphatic carbocycles. The van der Waals surface area contributed by atoms with Crippen LogP contribution in [0, 0.1) is 201 Å². The van der Waals surface area contributed by atoms with Gasteiger partial charge in [-0.1, -0.05) is 18.2 Å². The van der Waals surface area contributed by atoms with E-state index in [1.807, 2.05) is 74.8 Å². The van der Waals surface area contributed by atoms with E-state index in [0.29, 0.717) is 0 Å². The van der Waals surface area contributed by atoms with Crippen LogP contribution in [0.3, 0.4) is 0 Å². The molecule has 133 heavy (non-hydrogen) atoms. The molecule has 0 fully saturated rings. The fourth-order valence-corrected chi connectivity index (χ4v) is 20.9. The number of fused-ring (bicyclic) bond motifs is 24. The maximum absolute atomic E-state index is 4.71. The van der Waals surface area contributed by atoms with E-state index in [2.05, 4.69) is 317 Å². The third-order valence-corrected chi connectivity index (χ3v) is 29.4. The first-order valence-electron chi connectivity index (χ1n) is 46.8. The second-order valence-corrected chi connectivity index (χ2v) is 38.0. The Labute approximate surface area is 785 Å². The van der Waals surface area contributed by atoms with Crippen LogP contribution >= 0.6 is 0 Å². The molecule has 0 unspecified atom stereocenters.